The van der Waals surface area contributed by atoms with E-state index in [1.165, 1.54) is 12.6 Å². The van der Waals surface area contributed by atoms with Gasteiger partial charge in [-0.15, -0.1) is 0 Å². The molecule has 0 aliphatic carbocycles. The molecule has 0 aromatic carbocycles. The number of allylic oxidation sites excluding steroid dienone is 8. The third kappa shape index (κ3) is 20.1. The summed E-state index contributed by atoms with van der Waals surface area (Å²) in [5.41, 5.74) is 6.85. The molecule has 0 amide bonds. The molecule has 1 nitrogen and oxygen atoms in total. The third-order valence-corrected chi connectivity index (χ3v) is 1.50. The second-order valence-corrected chi connectivity index (χ2v) is 2.44. The molecule has 0 atom stereocenters. The van der Waals surface area contributed by atoms with Crippen LogP contribution in [0, 0.1) is 0 Å². The average molecular weight is 251 g/mol. The highest BCUT2D eigenvalue weighted by Gasteiger charge is 1.88. The summed E-state index contributed by atoms with van der Waals surface area (Å²) in [6.45, 7) is 19.4. The Balaban J connectivity index is -0.000000141. The Labute approximate surface area is 115 Å². The van der Waals surface area contributed by atoms with E-state index in [9.17, 15) is 0 Å². The molecule has 0 rings (SSSR count). The van der Waals surface area contributed by atoms with E-state index in [0.717, 1.165) is 5.57 Å². The molecule has 0 aliphatic heterocycles. The summed E-state index contributed by atoms with van der Waals surface area (Å²) < 4.78 is 0. The fraction of sp³-hybridized carbons (Fsp3) is 0.412. The molecule has 0 unspecified atom stereocenters. The van der Waals surface area contributed by atoms with Crippen LogP contribution in [0.25, 0.3) is 0 Å². The molecule has 1 heteroatoms. The molecule has 0 saturated heterocycles. The SMILES string of the molecule is C=C\C=C/C(C=C)=C(C)/C=C\C.CC.CC.CN. The van der Waals surface area contributed by atoms with Gasteiger partial charge in [0, 0.05) is 0 Å². The van der Waals surface area contributed by atoms with Gasteiger partial charge in [-0.1, -0.05) is 77.3 Å². The summed E-state index contributed by atoms with van der Waals surface area (Å²) in [5.74, 6) is 0. The second kappa shape index (κ2) is 29.6. The van der Waals surface area contributed by atoms with E-state index >= 15 is 0 Å². The van der Waals surface area contributed by atoms with Crippen molar-refractivity contribution < 1.29 is 0 Å². The van der Waals surface area contributed by atoms with Crippen molar-refractivity contribution in [3.05, 3.63) is 60.8 Å². The Hall–Kier alpha value is -1.34. The van der Waals surface area contributed by atoms with Crippen molar-refractivity contribution in [3.8, 4) is 0 Å². The highest BCUT2D eigenvalue weighted by molar-refractivity contribution is 5.39. The second-order valence-electron chi connectivity index (χ2n) is 2.44. The molecular weight excluding hydrogens is 218 g/mol. The average Bonchev–Trinajstić information content (AvgIpc) is 2.46. The molecule has 0 spiro atoms. The number of hydrogen-bond donors (Lipinski definition) is 1. The zero-order chi connectivity index (χ0) is 15.4. The highest BCUT2D eigenvalue weighted by atomic mass is 14.4. The molecule has 18 heavy (non-hydrogen) atoms. The molecule has 0 heterocycles. The van der Waals surface area contributed by atoms with Gasteiger partial charge in [0.05, 0.1) is 0 Å². The van der Waals surface area contributed by atoms with Crippen molar-refractivity contribution in [3.63, 3.8) is 0 Å². The Morgan fingerprint density at radius 3 is 1.67 bits per heavy atom. The predicted octanol–water partition coefficient (Wildman–Crippen LogP) is 5.43. The van der Waals surface area contributed by atoms with Gasteiger partial charge in [-0.2, -0.15) is 0 Å². The van der Waals surface area contributed by atoms with Gasteiger partial charge >= 0.3 is 0 Å². The van der Waals surface area contributed by atoms with Crippen LogP contribution in [0.3, 0.4) is 0 Å². The zero-order valence-electron chi connectivity index (χ0n) is 13.5. The topological polar surface area (TPSA) is 26.0 Å². The first kappa shape index (κ1) is 25.5. The van der Waals surface area contributed by atoms with Crippen LogP contribution >= 0.6 is 0 Å². The predicted molar refractivity (Wildman–Crippen MR) is 89.9 cm³/mol. The first-order valence-electron chi connectivity index (χ1n) is 6.59. The van der Waals surface area contributed by atoms with E-state index in [-0.39, 0.29) is 0 Å². The van der Waals surface area contributed by atoms with Crippen molar-refractivity contribution in [2.75, 3.05) is 7.05 Å². The van der Waals surface area contributed by atoms with E-state index in [2.05, 4.69) is 31.9 Å². The summed E-state index contributed by atoms with van der Waals surface area (Å²) in [5, 5.41) is 0. The minimum absolute atomic E-state index is 1.13. The number of nitrogens with two attached hydrogens (primary N) is 1. The van der Waals surface area contributed by atoms with Gasteiger partial charge in [0.15, 0.2) is 0 Å². The molecule has 2 N–H and O–H groups in total. The minimum Gasteiger partial charge on any atom is -0.333 e. The summed E-state index contributed by atoms with van der Waals surface area (Å²) >= 11 is 0. The summed E-state index contributed by atoms with van der Waals surface area (Å²) in [4.78, 5) is 0. The van der Waals surface area contributed by atoms with Gasteiger partial charge in [-0.3, -0.25) is 0 Å². The number of hydrogen-bond acceptors (Lipinski definition) is 1. The Bertz CT molecular complexity index is 242. The Morgan fingerprint density at radius 2 is 1.39 bits per heavy atom. The van der Waals surface area contributed by atoms with Gasteiger partial charge in [0.1, 0.15) is 0 Å². The van der Waals surface area contributed by atoms with Crippen LogP contribution < -0.4 is 5.73 Å². The first-order valence-corrected chi connectivity index (χ1v) is 6.59. The molecule has 0 radical (unpaired) electrons. The summed E-state index contributed by atoms with van der Waals surface area (Å²) in [7, 11) is 1.50. The van der Waals surface area contributed by atoms with Crippen LogP contribution in [0.2, 0.25) is 0 Å². The normalized spacial score (nSPS) is 10.0. The highest BCUT2D eigenvalue weighted by Crippen LogP contribution is 2.08. The molecule has 0 aromatic rings. The van der Waals surface area contributed by atoms with E-state index < -0.39 is 0 Å². The van der Waals surface area contributed by atoms with Gasteiger partial charge in [0.2, 0.25) is 0 Å². The fourth-order valence-electron chi connectivity index (χ4n) is 0.878. The zero-order valence-corrected chi connectivity index (χ0v) is 13.5. The molecular formula is C17H33N. The van der Waals surface area contributed by atoms with Crippen molar-refractivity contribution in [2.24, 2.45) is 5.73 Å². The lowest BCUT2D eigenvalue weighted by Crippen LogP contribution is -1.76. The molecule has 106 valence electrons. The van der Waals surface area contributed by atoms with Crippen LogP contribution in [0.5, 0.6) is 0 Å². The van der Waals surface area contributed by atoms with Crippen LogP contribution in [0.15, 0.2) is 60.8 Å². The lowest BCUT2D eigenvalue weighted by atomic mass is 10.1. The summed E-state index contributed by atoms with van der Waals surface area (Å²) in [6, 6.07) is 0. The summed E-state index contributed by atoms with van der Waals surface area (Å²) in [6.07, 6.45) is 11.6. The lowest BCUT2D eigenvalue weighted by Gasteiger charge is -1.96. The van der Waals surface area contributed by atoms with Crippen molar-refractivity contribution in [1.82, 2.24) is 0 Å². The van der Waals surface area contributed by atoms with Gasteiger partial charge in [-0.05, 0) is 32.0 Å². The third-order valence-electron chi connectivity index (χ3n) is 1.50. The first-order chi connectivity index (χ1) is 8.76. The van der Waals surface area contributed by atoms with Crippen molar-refractivity contribution >= 4 is 0 Å². The maximum absolute atomic E-state index is 4.50. The van der Waals surface area contributed by atoms with Crippen molar-refractivity contribution in [2.45, 2.75) is 41.5 Å². The number of rotatable bonds is 4. The molecule has 0 bridgehead atoms. The van der Waals surface area contributed by atoms with Crippen molar-refractivity contribution in [1.29, 1.82) is 0 Å². The van der Waals surface area contributed by atoms with E-state index in [4.69, 9.17) is 0 Å². The monoisotopic (exact) mass is 251 g/mol. The standard InChI is InChI=1S/C12H16.2C2H6.CH5N/c1-5-8-10-12(7-3)11(4)9-6-2;3*1-2/h5-10H,1,3H2,2,4H3;2*1-2H3;2H2,1H3/b9-6-,10-8-,12-11+;;;. The fourth-order valence-corrected chi connectivity index (χ4v) is 0.878. The van der Waals surface area contributed by atoms with Gasteiger partial charge in [0.25, 0.3) is 0 Å². The molecule has 0 aliphatic rings. The quantitative estimate of drug-likeness (QED) is 0.662. The molecule has 0 fully saturated rings. The molecule has 0 saturated carbocycles. The minimum atomic E-state index is 1.13. The maximum atomic E-state index is 4.50. The van der Waals surface area contributed by atoms with E-state index in [1.807, 2.05) is 58.9 Å². The van der Waals surface area contributed by atoms with Crippen LogP contribution in [0.4, 0.5) is 0 Å². The van der Waals surface area contributed by atoms with Gasteiger partial charge < -0.3 is 5.73 Å². The van der Waals surface area contributed by atoms with E-state index in [1.54, 1.807) is 6.08 Å². The smallest absolute Gasteiger partial charge is 0.0195 e. The molecule has 0 aromatic heterocycles. The van der Waals surface area contributed by atoms with Crippen LogP contribution in [0.1, 0.15) is 41.5 Å². The van der Waals surface area contributed by atoms with Crippen LogP contribution in [-0.4, -0.2) is 7.05 Å². The maximum Gasteiger partial charge on any atom is -0.0195 e. The lowest BCUT2D eigenvalue weighted by molar-refractivity contribution is 1.44. The van der Waals surface area contributed by atoms with Crippen LogP contribution in [-0.2, 0) is 0 Å². The van der Waals surface area contributed by atoms with Gasteiger partial charge in [-0.25, -0.2) is 0 Å². The Morgan fingerprint density at radius 1 is 0.944 bits per heavy atom. The Kier molecular flexibility index (Phi) is 41.9. The van der Waals surface area contributed by atoms with E-state index in [0.29, 0.717) is 0 Å². The largest absolute Gasteiger partial charge is 0.333 e.